The molecule has 0 saturated heterocycles. The van der Waals surface area contributed by atoms with Gasteiger partial charge in [0.05, 0.1) is 4.92 Å². The third-order valence-corrected chi connectivity index (χ3v) is 2.48. The molecule has 0 saturated carbocycles. The van der Waals surface area contributed by atoms with E-state index in [1.807, 2.05) is 6.92 Å². The summed E-state index contributed by atoms with van der Waals surface area (Å²) in [6.07, 6.45) is 0. The fourth-order valence-electron chi connectivity index (χ4n) is 1.27. The molecule has 1 aromatic rings. The normalized spacial score (nSPS) is 10.1. The lowest BCUT2D eigenvalue weighted by Gasteiger charge is -2.05. The van der Waals surface area contributed by atoms with Crippen molar-refractivity contribution in [2.24, 2.45) is 0 Å². The molecular formula is C11H13BrN2O2. The minimum absolute atomic E-state index is 0.128. The highest BCUT2D eigenvalue weighted by atomic mass is 79.9. The van der Waals surface area contributed by atoms with Gasteiger partial charge in [-0.05, 0) is 19.1 Å². The summed E-state index contributed by atoms with van der Waals surface area (Å²) in [5.74, 6) is 0. The second kappa shape index (κ2) is 5.77. The zero-order chi connectivity index (χ0) is 12.1. The maximum atomic E-state index is 10.8. The van der Waals surface area contributed by atoms with Crippen LogP contribution in [0.25, 0.3) is 0 Å². The Bertz CT molecular complexity index is 418. The number of benzene rings is 1. The van der Waals surface area contributed by atoms with Crippen LogP contribution >= 0.6 is 15.9 Å². The molecule has 1 rings (SSSR count). The predicted octanol–water partition coefficient (Wildman–Crippen LogP) is 3.02. The van der Waals surface area contributed by atoms with Crippen LogP contribution in [0.2, 0.25) is 0 Å². The smallest absolute Gasteiger partial charge is 0.275 e. The fourth-order valence-corrected chi connectivity index (χ4v) is 1.62. The van der Waals surface area contributed by atoms with Crippen molar-refractivity contribution in [2.45, 2.75) is 13.5 Å². The highest BCUT2D eigenvalue weighted by molar-refractivity contribution is 9.10. The second-order valence-corrected chi connectivity index (χ2v) is 4.51. The van der Waals surface area contributed by atoms with Crippen LogP contribution in [0.4, 0.5) is 5.69 Å². The Morgan fingerprint density at radius 3 is 2.88 bits per heavy atom. The van der Waals surface area contributed by atoms with Crippen LogP contribution in [0.3, 0.4) is 0 Å². The van der Waals surface area contributed by atoms with Gasteiger partial charge in [-0.3, -0.25) is 10.1 Å². The van der Waals surface area contributed by atoms with E-state index in [1.165, 1.54) is 6.07 Å². The van der Waals surface area contributed by atoms with Gasteiger partial charge < -0.3 is 5.32 Å². The zero-order valence-electron chi connectivity index (χ0n) is 9.00. The summed E-state index contributed by atoms with van der Waals surface area (Å²) in [7, 11) is 0. The van der Waals surface area contributed by atoms with Crippen molar-refractivity contribution in [2.75, 3.05) is 6.54 Å². The van der Waals surface area contributed by atoms with E-state index in [4.69, 9.17) is 0 Å². The Hall–Kier alpha value is -1.20. The highest BCUT2D eigenvalue weighted by Crippen LogP contribution is 2.23. The maximum Gasteiger partial charge on any atom is 0.275 e. The average molecular weight is 285 g/mol. The molecule has 0 unspecified atom stereocenters. The van der Waals surface area contributed by atoms with Crippen LogP contribution in [0.15, 0.2) is 34.8 Å². The number of nitrogens with zero attached hydrogens (tertiary/aromatic N) is 1. The van der Waals surface area contributed by atoms with Gasteiger partial charge in [0.25, 0.3) is 5.69 Å². The standard InChI is InChI=1S/C11H13BrN2O2/c1-8(2)6-13-7-9-3-4-10(12)5-11(9)14(15)16/h3-5,13H,1,6-7H2,2H3. The maximum absolute atomic E-state index is 10.8. The number of halogens is 1. The molecule has 0 aliphatic rings. The van der Waals surface area contributed by atoms with E-state index in [1.54, 1.807) is 12.1 Å². The van der Waals surface area contributed by atoms with E-state index in [-0.39, 0.29) is 10.6 Å². The summed E-state index contributed by atoms with van der Waals surface area (Å²) in [5, 5.41) is 13.9. The Morgan fingerprint density at radius 1 is 1.62 bits per heavy atom. The summed E-state index contributed by atoms with van der Waals surface area (Å²) in [5.41, 5.74) is 1.80. The van der Waals surface area contributed by atoms with Gasteiger partial charge in [-0.2, -0.15) is 0 Å². The highest BCUT2D eigenvalue weighted by Gasteiger charge is 2.13. The quantitative estimate of drug-likeness (QED) is 0.514. The predicted molar refractivity (Wildman–Crippen MR) is 67.3 cm³/mol. The molecule has 0 fully saturated rings. The minimum Gasteiger partial charge on any atom is -0.309 e. The molecule has 0 aliphatic heterocycles. The minimum atomic E-state index is -0.372. The first-order valence-corrected chi connectivity index (χ1v) is 5.58. The number of hydrogen-bond donors (Lipinski definition) is 1. The first-order valence-electron chi connectivity index (χ1n) is 4.78. The lowest BCUT2D eigenvalue weighted by molar-refractivity contribution is -0.385. The van der Waals surface area contributed by atoms with Gasteiger partial charge in [0.15, 0.2) is 0 Å². The number of nitro benzene ring substituents is 1. The van der Waals surface area contributed by atoms with E-state index in [9.17, 15) is 10.1 Å². The average Bonchev–Trinajstić information content (AvgIpc) is 2.19. The molecule has 1 aromatic carbocycles. The van der Waals surface area contributed by atoms with Gasteiger partial charge in [-0.15, -0.1) is 0 Å². The molecule has 86 valence electrons. The number of hydrogen-bond acceptors (Lipinski definition) is 3. The molecule has 0 aliphatic carbocycles. The van der Waals surface area contributed by atoms with Gasteiger partial charge in [-0.1, -0.05) is 28.1 Å². The Labute approximate surface area is 103 Å². The third kappa shape index (κ3) is 3.75. The Balaban J connectivity index is 2.78. The van der Waals surface area contributed by atoms with Gasteiger partial charge >= 0.3 is 0 Å². The van der Waals surface area contributed by atoms with E-state index >= 15 is 0 Å². The van der Waals surface area contributed by atoms with Crippen molar-refractivity contribution in [1.29, 1.82) is 0 Å². The Morgan fingerprint density at radius 2 is 2.31 bits per heavy atom. The lowest BCUT2D eigenvalue weighted by atomic mass is 10.2. The topological polar surface area (TPSA) is 55.2 Å². The molecule has 4 nitrogen and oxygen atoms in total. The molecule has 1 N–H and O–H groups in total. The molecule has 0 bridgehead atoms. The van der Waals surface area contributed by atoms with Crippen molar-refractivity contribution >= 4 is 21.6 Å². The number of rotatable bonds is 5. The van der Waals surface area contributed by atoms with Crippen molar-refractivity contribution < 1.29 is 4.92 Å². The van der Waals surface area contributed by atoms with Gasteiger partial charge in [0, 0.05) is 29.2 Å². The number of nitro groups is 1. The van der Waals surface area contributed by atoms with Crippen LogP contribution in [0, 0.1) is 10.1 Å². The summed E-state index contributed by atoms with van der Waals surface area (Å²) >= 11 is 3.22. The molecule has 0 spiro atoms. The van der Waals surface area contributed by atoms with Crippen molar-refractivity contribution in [3.05, 3.63) is 50.5 Å². The number of nitrogens with one attached hydrogen (secondary N) is 1. The summed E-state index contributed by atoms with van der Waals surface area (Å²) < 4.78 is 0.711. The van der Waals surface area contributed by atoms with Crippen LogP contribution in [-0.4, -0.2) is 11.5 Å². The summed E-state index contributed by atoms with van der Waals surface area (Å²) in [6, 6.07) is 5.05. The molecule has 0 aromatic heterocycles. The first-order chi connectivity index (χ1) is 7.50. The third-order valence-electron chi connectivity index (χ3n) is 1.99. The molecule has 5 heteroatoms. The molecule has 0 radical (unpaired) electrons. The fraction of sp³-hybridized carbons (Fsp3) is 0.273. The van der Waals surface area contributed by atoms with Crippen LogP contribution in [0.5, 0.6) is 0 Å². The molecule has 0 heterocycles. The van der Waals surface area contributed by atoms with Crippen LogP contribution in [-0.2, 0) is 6.54 Å². The van der Waals surface area contributed by atoms with E-state index in [0.29, 0.717) is 23.1 Å². The van der Waals surface area contributed by atoms with Crippen LogP contribution < -0.4 is 5.32 Å². The van der Waals surface area contributed by atoms with Gasteiger partial charge in [-0.25, -0.2) is 0 Å². The van der Waals surface area contributed by atoms with E-state index < -0.39 is 0 Å². The Kier molecular flexibility index (Phi) is 4.64. The molecule has 0 atom stereocenters. The second-order valence-electron chi connectivity index (χ2n) is 3.59. The summed E-state index contributed by atoms with van der Waals surface area (Å²) in [6.45, 7) is 6.79. The largest absolute Gasteiger partial charge is 0.309 e. The van der Waals surface area contributed by atoms with Crippen molar-refractivity contribution in [1.82, 2.24) is 5.32 Å². The first kappa shape index (κ1) is 12.9. The van der Waals surface area contributed by atoms with Crippen molar-refractivity contribution in [3.63, 3.8) is 0 Å². The SMILES string of the molecule is C=C(C)CNCc1ccc(Br)cc1[N+](=O)[O-]. The van der Waals surface area contributed by atoms with E-state index in [2.05, 4.69) is 27.8 Å². The monoisotopic (exact) mass is 284 g/mol. The molecule has 16 heavy (non-hydrogen) atoms. The lowest BCUT2D eigenvalue weighted by Crippen LogP contribution is -2.16. The van der Waals surface area contributed by atoms with Crippen LogP contribution in [0.1, 0.15) is 12.5 Å². The van der Waals surface area contributed by atoms with Gasteiger partial charge in [0.1, 0.15) is 0 Å². The molecular weight excluding hydrogens is 272 g/mol. The van der Waals surface area contributed by atoms with E-state index in [0.717, 1.165) is 5.57 Å². The summed E-state index contributed by atoms with van der Waals surface area (Å²) in [4.78, 5) is 10.4. The van der Waals surface area contributed by atoms with Crippen molar-refractivity contribution in [3.8, 4) is 0 Å². The van der Waals surface area contributed by atoms with Gasteiger partial charge in [0.2, 0.25) is 0 Å². The zero-order valence-corrected chi connectivity index (χ0v) is 10.6. The molecule has 0 amide bonds.